The van der Waals surface area contributed by atoms with E-state index in [1.807, 2.05) is 32.0 Å². The maximum absolute atomic E-state index is 12.4. The monoisotopic (exact) mass is 346 g/mol. The molecule has 0 aromatic heterocycles. The Kier molecular flexibility index (Phi) is 6.59. The molecule has 5 heteroatoms. The molecule has 1 aromatic rings. The van der Waals surface area contributed by atoms with Crippen molar-refractivity contribution in [3.63, 3.8) is 0 Å². The van der Waals surface area contributed by atoms with Crippen molar-refractivity contribution < 1.29 is 14.7 Å². The zero-order valence-corrected chi connectivity index (χ0v) is 15.6. The molecule has 1 aliphatic rings. The molecule has 0 radical (unpaired) electrons. The van der Waals surface area contributed by atoms with Crippen molar-refractivity contribution in [2.45, 2.75) is 64.4 Å². The topological polar surface area (TPSA) is 69.6 Å². The molecule has 1 aromatic carbocycles. The summed E-state index contributed by atoms with van der Waals surface area (Å²) >= 11 is 0. The Morgan fingerprint density at radius 2 is 1.68 bits per heavy atom. The number of carbonyl (C=O) groups excluding carboxylic acids is 2. The fourth-order valence-corrected chi connectivity index (χ4v) is 3.47. The van der Waals surface area contributed by atoms with Gasteiger partial charge in [0, 0.05) is 12.7 Å². The van der Waals surface area contributed by atoms with Gasteiger partial charge in [0.15, 0.2) is 0 Å². The van der Waals surface area contributed by atoms with Crippen LogP contribution in [0.1, 0.15) is 56.1 Å². The molecular weight excluding hydrogens is 316 g/mol. The van der Waals surface area contributed by atoms with Crippen molar-refractivity contribution in [1.29, 1.82) is 0 Å². The zero-order chi connectivity index (χ0) is 18.4. The molecule has 0 bridgehead atoms. The van der Waals surface area contributed by atoms with Crippen LogP contribution in [0.15, 0.2) is 18.2 Å². The number of nitrogens with zero attached hydrogens (tertiary/aromatic N) is 1. The number of hydrogen-bond donors (Lipinski definition) is 2. The number of anilines is 1. The third-order valence-electron chi connectivity index (χ3n) is 5.07. The maximum atomic E-state index is 12.4. The number of carbonyl (C=O) groups is 2. The van der Waals surface area contributed by atoms with Gasteiger partial charge in [-0.3, -0.25) is 9.59 Å². The summed E-state index contributed by atoms with van der Waals surface area (Å²) in [7, 11) is 1.62. The van der Waals surface area contributed by atoms with E-state index in [1.54, 1.807) is 7.05 Å². The second-order valence-electron chi connectivity index (χ2n) is 7.38. The van der Waals surface area contributed by atoms with E-state index in [-0.39, 0.29) is 24.8 Å². The minimum absolute atomic E-state index is 0.0112. The summed E-state index contributed by atoms with van der Waals surface area (Å²) in [4.78, 5) is 26.1. The molecule has 2 amide bonds. The Labute approximate surface area is 150 Å². The molecule has 0 spiro atoms. The van der Waals surface area contributed by atoms with Crippen molar-refractivity contribution in [1.82, 2.24) is 4.90 Å². The van der Waals surface area contributed by atoms with Crippen LogP contribution in [0.25, 0.3) is 0 Å². The normalized spacial score (nSPS) is 16.8. The molecule has 1 aliphatic carbocycles. The van der Waals surface area contributed by atoms with Crippen molar-refractivity contribution in [2.75, 3.05) is 18.9 Å². The number of nitrogens with one attached hydrogen (secondary N) is 1. The van der Waals surface area contributed by atoms with Gasteiger partial charge in [-0.2, -0.15) is 0 Å². The van der Waals surface area contributed by atoms with Crippen LogP contribution in [0.5, 0.6) is 0 Å². The summed E-state index contributed by atoms with van der Waals surface area (Å²) in [6.45, 7) is 3.88. The van der Waals surface area contributed by atoms with Crippen LogP contribution in [0.4, 0.5) is 5.69 Å². The fraction of sp³-hybridized carbons (Fsp3) is 0.600. The zero-order valence-electron chi connectivity index (χ0n) is 15.6. The van der Waals surface area contributed by atoms with Crippen LogP contribution in [0.3, 0.4) is 0 Å². The molecule has 25 heavy (non-hydrogen) atoms. The lowest BCUT2D eigenvalue weighted by Gasteiger charge is -2.28. The third-order valence-corrected chi connectivity index (χ3v) is 5.07. The van der Waals surface area contributed by atoms with E-state index in [0.717, 1.165) is 42.5 Å². The summed E-state index contributed by atoms with van der Waals surface area (Å²) in [5.41, 5.74) is 1.88. The molecule has 138 valence electrons. The van der Waals surface area contributed by atoms with Crippen LogP contribution in [0.2, 0.25) is 0 Å². The molecule has 0 atom stereocenters. The predicted octanol–water partition coefficient (Wildman–Crippen LogP) is 3.18. The Hall–Kier alpha value is -1.88. The van der Waals surface area contributed by atoms with Crippen LogP contribution < -0.4 is 5.32 Å². The Morgan fingerprint density at radius 1 is 1.12 bits per heavy atom. The lowest BCUT2D eigenvalue weighted by atomic mass is 9.90. The van der Waals surface area contributed by atoms with Crippen LogP contribution in [-0.2, 0) is 9.59 Å². The molecule has 0 unspecified atom stereocenters. The van der Waals surface area contributed by atoms with E-state index >= 15 is 0 Å². The number of benzene rings is 1. The van der Waals surface area contributed by atoms with Crippen LogP contribution in [-0.4, -0.2) is 41.0 Å². The third kappa shape index (κ3) is 5.56. The Morgan fingerprint density at radius 3 is 2.24 bits per heavy atom. The average Bonchev–Trinajstić information content (AvgIpc) is 2.75. The Balaban J connectivity index is 1.90. The van der Waals surface area contributed by atoms with Crippen molar-refractivity contribution >= 4 is 17.5 Å². The number of aliphatic hydroxyl groups is 1. The SMILES string of the molecule is Cc1cccc(C)c1NC(=O)CN(C)C(=O)CC1(O)CCCCCC1. The van der Waals surface area contributed by atoms with E-state index in [0.29, 0.717) is 12.8 Å². The second-order valence-corrected chi connectivity index (χ2v) is 7.38. The smallest absolute Gasteiger partial charge is 0.243 e. The van der Waals surface area contributed by atoms with Crippen molar-refractivity contribution in [3.8, 4) is 0 Å². The molecule has 2 N–H and O–H groups in total. The molecule has 5 nitrogen and oxygen atoms in total. The summed E-state index contributed by atoms with van der Waals surface area (Å²) in [5, 5.41) is 13.6. The van der Waals surface area contributed by atoms with Crippen LogP contribution >= 0.6 is 0 Å². The van der Waals surface area contributed by atoms with E-state index in [2.05, 4.69) is 5.32 Å². The highest BCUT2D eigenvalue weighted by molar-refractivity contribution is 5.95. The van der Waals surface area contributed by atoms with Gasteiger partial charge in [0.2, 0.25) is 11.8 Å². The molecule has 1 fully saturated rings. The van der Waals surface area contributed by atoms with Gasteiger partial charge < -0.3 is 15.3 Å². The number of para-hydroxylation sites is 1. The first-order valence-corrected chi connectivity index (χ1v) is 9.13. The molecule has 1 saturated carbocycles. The Bertz CT molecular complexity index is 599. The fourth-order valence-electron chi connectivity index (χ4n) is 3.47. The number of amides is 2. The second kappa shape index (κ2) is 8.48. The van der Waals surface area contributed by atoms with Crippen LogP contribution in [0, 0.1) is 13.8 Å². The molecule has 0 heterocycles. The minimum Gasteiger partial charge on any atom is -0.389 e. The lowest BCUT2D eigenvalue weighted by molar-refractivity contribution is -0.138. The van der Waals surface area contributed by atoms with Gasteiger partial charge in [-0.15, -0.1) is 0 Å². The first-order chi connectivity index (χ1) is 11.8. The summed E-state index contributed by atoms with van der Waals surface area (Å²) in [6, 6.07) is 5.83. The first-order valence-electron chi connectivity index (χ1n) is 9.13. The largest absolute Gasteiger partial charge is 0.389 e. The highest BCUT2D eigenvalue weighted by Crippen LogP contribution is 2.30. The summed E-state index contributed by atoms with van der Waals surface area (Å²) in [6.07, 6.45) is 5.58. The predicted molar refractivity (Wildman–Crippen MR) is 99.5 cm³/mol. The maximum Gasteiger partial charge on any atom is 0.243 e. The minimum atomic E-state index is -0.912. The van der Waals surface area contributed by atoms with E-state index < -0.39 is 5.60 Å². The molecule has 0 aliphatic heterocycles. The molecule has 2 rings (SSSR count). The number of rotatable bonds is 5. The quantitative estimate of drug-likeness (QED) is 0.805. The highest BCUT2D eigenvalue weighted by atomic mass is 16.3. The average molecular weight is 346 g/mol. The molecule has 0 saturated heterocycles. The summed E-state index contributed by atoms with van der Waals surface area (Å²) < 4.78 is 0. The standard InChI is InChI=1S/C20H30N2O3/c1-15-9-8-10-16(2)19(15)21-17(23)14-22(3)18(24)13-20(25)11-6-4-5-7-12-20/h8-10,25H,4-7,11-14H2,1-3H3,(H,21,23). The summed E-state index contributed by atoms with van der Waals surface area (Å²) in [5.74, 6) is -0.401. The number of likely N-dealkylation sites (N-methyl/N-ethyl adjacent to an activating group) is 1. The lowest BCUT2D eigenvalue weighted by Crippen LogP contribution is -2.40. The van der Waals surface area contributed by atoms with Gasteiger partial charge in [0.05, 0.1) is 18.6 Å². The number of aryl methyl sites for hydroxylation is 2. The van der Waals surface area contributed by atoms with Crippen molar-refractivity contribution in [2.24, 2.45) is 0 Å². The van der Waals surface area contributed by atoms with Crippen molar-refractivity contribution in [3.05, 3.63) is 29.3 Å². The van der Waals surface area contributed by atoms with E-state index in [4.69, 9.17) is 0 Å². The first kappa shape index (κ1) is 19.4. The van der Waals surface area contributed by atoms with E-state index in [1.165, 1.54) is 4.90 Å². The van der Waals surface area contributed by atoms with E-state index in [9.17, 15) is 14.7 Å². The van der Waals surface area contributed by atoms with Gasteiger partial charge in [0.1, 0.15) is 0 Å². The van der Waals surface area contributed by atoms with Gasteiger partial charge in [-0.1, -0.05) is 43.9 Å². The van der Waals surface area contributed by atoms with Gasteiger partial charge >= 0.3 is 0 Å². The number of hydrogen-bond acceptors (Lipinski definition) is 3. The molecular formula is C20H30N2O3. The van der Waals surface area contributed by atoms with Gasteiger partial charge in [0.25, 0.3) is 0 Å². The van der Waals surface area contributed by atoms with Gasteiger partial charge in [-0.25, -0.2) is 0 Å². The highest BCUT2D eigenvalue weighted by Gasteiger charge is 2.32. The van der Waals surface area contributed by atoms with Gasteiger partial charge in [-0.05, 0) is 37.8 Å².